The number of aromatic nitrogens is 3. The molecule has 0 aliphatic heterocycles. The molecular weight excluding hydrogens is 254 g/mol. The van der Waals surface area contributed by atoms with Gasteiger partial charge in [-0.25, -0.2) is 4.98 Å². The van der Waals surface area contributed by atoms with Crippen molar-refractivity contribution < 1.29 is 9.47 Å². The lowest BCUT2D eigenvalue weighted by molar-refractivity contribution is 0.273. The van der Waals surface area contributed by atoms with Crippen molar-refractivity contribution in [3.63, 3.8) is 0 Å². The Morgan fingerprint density at radius 1 is 1.25 bits per heavy atom. The Hall–Kier alpha value is -2.04. The molecule has 0 aliphatic carbocycles. The maximum atomic E-state index is 5.76. The lowest BCUT2D eigenvalue weighted by Crippen LogP contribution is -2.02. The van der Waals surface area contributed by atoms with Crippen LogP contribution in [0.3, 0.4) is 0 Å². The Morgan fingerprint density at radius 3 is 2.65 bits per heavy atom. The van der Waals surface area contributed by atoms with Crippen LogP contribution < -0.4 is 9.47 Å². The lowest BCUT2D eigenvalue weighted by atomic mass is 10.1. The van der Waals surface area contributed by atoms with Crippen molar-refractivity contribution in [1.82, 2.24) is 15.2 Å². The Balaban J connectivity index is 2.15. The van der Waals surface area contributed by atoms with Crippen LogP contribution in [-0.2, 0) is 0 Å². The Kier molecular flexibility index (Phi) is 4.61. The van der Waals surface area contributed by atoms with Gasteiger partial charge in [-0.15, -0.1) is 0 Å². The summed E-state index contributed by atoms with van der Waals surface area (Å²) < 4.78 is 11.1. The molecule has 108 valence electrons. The number of benzene rings is 1. The summed E-state index contributed by atoms with van der Waals surface area (Å²) in [4.78, 5) is 4.31. The first-order valence-electron chi connectivity index (χ1n) is 6.80. The van der Waals surface area contributed by atoms with Crippen molar-refractivity contribution in [2.24, 2.45) is 5.92 Å². The van der Waals surface area contributed by atoms with Gasteiger partial charge in [0, 0.05) is 5.56 Å². The third-order valence-corrected chi connectivity index (χ3v) is 2.97. The smallest absolute Gasteiger partial charge is 0.181 e. The summed E-state index contributed by atoms with van der Waals surface area (Å²) >= 11 is 0. The molecule has 5 nitrogen and oxygen atoms in total. The predicted molar refractivity (Wildman–Crippen MR) is 78.1 cm³/mol. The standard InChI is InChI=1S/C15H21N3O2/c1-10(2)7-8-20-13-6-5-12(9-14(13)19-4)15-16-11(3)17-18-15/h5-6,9-10H,7-8H2,1-4H3,(H,16,17,18). The molecule has 1 aromatic carbocycles. The van der Waals surface area contributed by atoms with Gasteiger partial charge in [-0.3, -0.25) is 5.10 Å². The first-order valence-corrected chi connectivity index (χ1v) is 6.80. The van der Waals surface area contributed by atoms with Crippen LogP contribution in [0, 0.1) is 12.8 Å². The van der Waals surface area contributed by atoms with E-state index in [-0.39, 0.29) is 0 Å². The number of aromatic amines is 1. The molecule has 0 saturated heterocycles. The number of ether oxygens (including phenoxy) is 2. The van der Waals surface area contributed by atoms with E-state index in [2.05, 4.69) is 29.0 Å². The van der Waals surface area contributed by atoms with Crippen molar-refractivity contribution >= 4 is 0 Å². The quantitative estimate of drug-likeness (QED) is 0.879. The molecule has 1 heterocycles. The highest BCUT2D eigenvalue weighted by Crippen LogP contribution is 2.31. The van der Waals surface area contributed by atoms with Crippen molar-refractivity contribution in [1.29, 1.82) is 0 Å². The minimum atomic E-state index is 0.622. The number of nitrogens with one attached hydrogen (secondary N) is 1. The fraction of sp³-hybridized carbons (Fsp3) is 0.467. The molecule has 1 aromatic heterocycles. The number of hydrogen-bond donors (Lipinski definition) is 1. The van der Waals surface area contributed by atoms with Gasteiger partial charge in [-0.05, 0) is 37.5 Å². The molecule has 0 saturated carbocycles. The molecule has 2 aromatic rings. The Bertz CT molecular complexity index is 564. The molecule has 0 fully saturated rings. The summed E-state index contributed by atoms with van der Waals surface area (Å²) in [5, 5.41) is 6.98. The average molecular weight is 275 g/mol. The minimum Gasteiger partial charge on any atom is -0.493 e. The van der Waals surface area contributed by atoms with Crippen LogP contribution in [0.2, 0.25) is 0 Å². The van der Waals surface area contributed by atoms with Gasteiger partial charge >= 0.3 is 0 Å². The van der Waals surface area contributed by atoms with E-state index in [0.717, 1.165) is 23.6 Å². The van der Waals surface area contributed by atoms with Gasteiger partial charge in [0.1, 0.15) is 5.82 Å². The Morgan fingerprint density at radius 2 is 2.05 bits per heavy atom. The number of aryl methyl sites for hydroxylation is 1. The predicted octanol–water partition coefficient (Wildman–Crippen LogP) is 3.21. The van der Waals surface area contributed by atoms with E-state index in [9.17, 15) is 0 Å². The van der Waals surface area contributed by atoms with E-state index < -0.39 is 0 Å². The third kappa shape index (κ3) is 3.50. The molecule has 0 radical (unpaired) electrons. The van der Waals surface area contributed by atoms with Gasteiger partial charge in [0.2, 0.25) is 0 Å². The van der Waals surface area contributed by atoms with Crippen molar-refractivity contribution in [3.8, 4) is 22.9 Å². The van der Waals surface area contributed by atoms with Gasteiger partial charge in [0.15, 0.2) is 17.3 Å². The zero-order valence-corrected chi connectivity index (χ0v) is 12.4. The van der Waals surface area contributed by atoms with Gasteiger partial charge < -0.3 is 9.47 Å². The van der Waals surface area contributed by atoms with E-state index in [0.29, 0.717) is 24.1 Å². The first kappa shape index (κ1) is 14.4. The lowest BCUT2D eigenvalue weighted by Gasteiger charge is -2.12. The summed E-state index contributed by atoms with van der Waals surface area (Å²) in [5.41, 5.74) is 0.905. The summed E-state index contributed by atoms with van der Waals surface area (Å²) in [6, 6.07) is 5.74. The maximum Gasteiger partial charge on any atom is 0.181 e. The molecule has 1 N–H and O–H groups in total. The van der Waals surface area contributed by atoms with Crippen LogP contribution >= 0.6 is 0 Å². The van der Waals surface area contributed by atoms with Crippen molar-refractivity contribution in [3.05, 3.63) is 24.0 Å². The van der Waals surface area contributed by atoms with E-state index in [1.165, 1.54) is 0 Å². The highest BCUT2D eigenvalue weighted by Gasteiger charge is 2.10. The zero-order valence-electron chi connectivity index (χ0n) is 12.4. The SMILES string of the molecule is COc1cc(-c2n[nH]c(C)n2)ccc1OCCC(C)C. The molecular formula is C15H21N3O2. The number of nitrogens with zero attached hydrogens (tertiary/aromatic N) is 2. The van der Waals surface area contributed by atoms with Crippen LogP contribution in [0.25, 0.3) is 11.4 Å². The normalized spacial score (nSPS) is 10.8. The minimum absolute atomic E-state index is 0.622. The van der Waals surface area contributed by atoms with Crippen LogP contribution in [0.4, 0.5) is 0 Å². The topological polar surface area (TPSA) is 60.0 Å². The summed E-state index contributed by atoms with van der Waals surface area (Å²) in [7, 11) is 1.64. The molecule has 0 atom stereocenters. The number of rotatable bonds is 6. The molecule has 2 rings (SSSR count). The van der Waals surface area contributed by atoms with Crippen molar-refractivity contribution in [2.75, 3.05) is 13.7 Å². The van der Waals surface area contributed by atoms with Crippen LogP contribution in [0.15, 0.2) is 18.2 Å². The maximum absolute atomic E-state index is 5.76. The van der Waals surface area contributed by atoms with Crippen molar-refractivity contribution in [2.45, 2.75) is 27.2 Å². The number of hydrogen-bond acceptors (Lipinski definition) is 4. The van der Waals surface area contributed by atoms with Gasteiger partial charge in [0.05, 0.1) is 13.7 Å². The summed E-state index contributed by atoms with van der Waals surface area (Å²) in [6.07, 6.45) is 1.02. The van der Waals surface area contributed by atoms with Crippen LogP contribution in [0.1, 0.15) is 26.1 Å². The van der Waals surface area contributed by atoms with E-state index in [4.69, 9.17) is 9.47 Å². The van der Waals surface area contributed by atoms with E-state index in [1.807, 2.05) is 25.1 Å². The molecule has 20 heavy (non-hydrogen) atoms. The fourth-order valence-corrected chi connectivity index (χ4v) is 1.80. The molecule has 5 heteroatoms. The molecule has 0 unspecified atom stereocenters. The second kappa shape index (κ2) is 6.41. The molecule has 0 bridgehead atoms. The average Bonchev–Trinajstić information content (AvgIpc) is 2.85. The van der Waals surface area contributed by atoms with E-state index in [1.54, 1.807) is 7.11 Å². The third-order valence-electron chi connectivity index (χ3n) is 2.97. The second-order valence-corrected chi connectivity index (χ2v) is 5.14. The molecule has 0 spiro atoms. The number of methoxy groups -OCH3 is 1. The van der Waals surface area contributed by atoms with Gasteiger partial charge in [0.25, 0.3) is 0 Å². The second-order valence-electron chi connectivity index (χ2n) is 5.14. The summed E-state index contributed by atoms with van der Waals surface area (Å²) in [6.45, 7) is 6.91. The zero-order chi connectivity index (χ0) is 14.5. The fourth-order valence-electron chi connectivity index (χ4n) is 1.80. The van der Waals surface area contributed by atoms with Crippen LogP contribution in [-0.4, -0.2) is 28.9 Å². The highest BCUT2D eigenvalue weighted by atomic mass is 16.5. The highest BCUT2D eigenvalue weighted by molar-refractivity contribution is 5.60. The summed E-state index contributed by atoms with van der Waals surface area (Å²) in [5.74, 6) is 3.53. The Labute approximate surface area is 119 Å². The van der Waals surface area contributed by atoms with Gasteiger partial charge in [-0.1, -0.05) is 13.8 Å². The van der Waals surface area contributed by atoms with Gasteiger partial charge in [-0.2, -0.15) is 5.10 Å². The largest absolute Gasteiger partial charge is 0.493 e. The first-order chi connectivity index (χ1) is 9.60. The number of H-pyrrole nitrogens is 1. The van der Waals surface area contributed by atoms with E-state index >= 15 is 0 Å². The monoisotopic (exact) mass is 275 g/mol. The van der Waals surface area contributed by atoms with Crippen LogP contribution in [0.5, 0.6) is 11.5 Å². The molecule has 0 amide bonds. The molecule has 0 aliphatic rings.